The molecule has 4 heteroatoms. The molecule has 0 bridgehead atoms. The van der Waals surface area contributed by atoms with Crippen LogP contribution in [0.4, 0.5) is 0 Å². The standard InChI is InChI=1S/C14H31N3O/c1-13-5-9-17(10-6-13)11-8-16-14(12-18-2)4-3-7-15/h13-14,16H,3-12,15H2,1-2H3. The van der Waals surface area contributed by atoms with Crippen LogP contribution in [-0.4, -0.2) is 57.4 Å². The first-order chi connectivity index (χ1) is 8.76. The van der Waals surface area contributed by atoms with Crippen LogP contribution in [-0.2, 0) is 4.74 Å². The summed E-state index contributed by atoms with van der Waals surface area (Å²) in [7, 11) is 1.77. The third-order valence-corrected chi connectivity index (χ3v) is 3.86. The summed E-state index contributed by atoms with van der Waals surface area (Å²) in [5.41, 5.74) is 5.55. The molecule has 1 aliphatic rings. The van der Waals surface area contributed by atoms with Crippen molar-refractivity contribution in [1.82, 2.24) is 10.2 Å². The van der Waals surface area contributed by atoms with E-state index in [1.165, 1.54) is 25.9 Å². The van der Waals surface area contributed by atoms with Crippen molar-refractivity contribution < 1.29 is 4.74 Å². The lowest BCUT2D eigenvalue weighted by Crippen LogP contribution is -2.42. The van der Waals surface area contributed by atoms with Gasteiger partial charge in [-0.3, -0.25) is 0 Å². The van der Waals surface area contributed by atoms with Gasteiger partial charge < -0.3 is 20.7 Å². The first-order valence-corrected chi connectivity index (χ1v) is 7.41. The van der Waals surface area contributed by atoms with Crippen LogP contribution in [0, 0.1) is 5.92 Å². The fraction of sp³-hybridized carbons (Fsp3) is 1.00. The molecule has 1 atom stereocenters. The number of piperidine rings is 1. The maximum atomic E-state index is 5.55. The maximum Gasteiger partial charge on any atom is 0.0615 e. The number of nitrogens with one attached hydrogen (secondary N) is 1. The van der Waals surface area contributed by atoms with Gasteiger partial charge in [0.15, 0.2) is 0 Å². The summed E-state index contributed by atoms with van der Waals surface area (Å²) in [5.74, 6) is 0.917. The van der Waals surface area contributed by atoms with Crippen molar-refractivity contribution in [2.45, 2.75) is 38.6 Å². The number of nitrogens with zero attached hydrogens (tertiary/aromatic N) is 1. The van der Waals surface area contributed by atoms with Crippen LogP contribution in [0.2, 0.25) is 0 Å². The molecular weight excluding hydrogens is 226 g/mol. The smallest absolute Gasteiger partial charge is 0.0615 e. The highest BCUT2D eigenvalue weighted by atomic mass is 16.5. The van der Waals surface area contributed by atoms with E-state index in [2.05, 4.69) is 17.1 Å². The van der Waals surface area contributed by atoms with Crippen LogP contribution in [0.25, 0.3) is 0 Å². The summed E-state index contributed by atoms with van der Waals surface area (Å²) in [5, 5.41) is 3.59. The number of nitrogens with two attached hydrogens (primary N) is 1. The summed E-state index contributed by atoms with van der Waals surface area (Å²) in [6.45, 7) is 8.67. The van der Waals surface area contributed by atoms with Crippen molar-refractivity contribution in [2.24, 2.45) is 11.7 Å². The average molecular weight is 257 g/mol. The predicted octanol–water partition coefficient (Wildman–Crippen LogP) is 1.06. The van der Waals surface area contributed by atoms with E-state index in [4.69, 9.17) is 10.5 Å². The normalized spacial score (nSPS) is 20.2. The molecule has 0 aromatic heterocycles. The SMILES string of the molecule is COCC(CCCN)NCCN1CCC(C)CC1. The Labute approximate surface area is 112 Å². The lowest BCUT2D eigenvalue weighted by molar-refractivity contribution is 0.153. The summed E-state index contributed by atoms with van der Waals surface area (Å²) >= 11 is 0. The van der Waals surface area contributed by atoms with Gasteiger partial charge in [-0.2, -0.15) is 0 Å². The van der Waals surface area contributed by atoms with Crippen LogP contribution in [0.1, 0.15) is 32.6 Å². The quantitative estimate of drug-likeness (QED) is 0.648. The number of hydrogen-bond acceptors (Lipinski definition) is 4. The zero-order chi connectivity index (χ0) is 13.2. The monoisotopic (exact) mass is 257 g/mol. The number of likely N-dealkylation sites (tertiary alicyclic amines) is 1. The molecule has 0 aromatic carbocycles. The van der Waals surface area contributed by atoms with Crippen molar-refractivity contribution >= 4 is 0 Å². The Bertz CT molecular complexity index is 193. The number of hydrogen-bond donors (Lipinski definition) is 2. The molecule has 0 spiro atoms. The first-order valence-electron chi connectivity index (χ1n) is 7.41. The third kappa shape index (κ3) is 6.69. The van der Waals surface area contributed by atoms with Crippen LogP contribution < -0.4 is 11.1 Å². The molecule has 1 saturated heterocycles. The second-order valence-electron chi connectivity index (χ2n) is 5.56. The fourth-order valence-corrected chi connectivity index (χ4v) is 2.52. The maximum absolute atomic E-state index is 5.55. The van der Waals surface area contributed by atoms with E-state index in [9.17, 15) is 0 Å². The molecule has 18 heavy (non-hydrogen) atoms. The highest BCUT2D eigenvalue weighted by molar-refractivity contribution is 4.72. The van der Waals surface area contributed by atoms with E-state index >= 15 is 0 Å². The van der Waals surface area contributed by atoms with E-state index in [-0.39, 0.29) is 0 Å². The lowest BCUT2D eigenvalue weighted by atomic mass is 9.99. The average Bonchev–Trinajstić information content (AvgIpc) is 2.38. The van der Waals surface area contributed by atoms with E-state index in [0.717, 1.165) is 45.0 Å². The Kier molecular flexibility index (Phi) is 8.59. The largest absolute Gasteiger partial charge is 0.383 e. The van der Waals surface area contributed by atoms with Gasteiger partial charge >= 0.3 is 0 Å². The van der Waals surface area contributed by atoms with Gasteiger partial charge in [-0.1, -0.05) is 6.92 Å². The van der Waals surface area contributed by atoms with E-state index in [1.54, 1.807) is 7.11 Å². The molecule has 0 aliphatic carbocycles. The van der Waals surface area contributed by atoms with Crippen LogP contribution in [0.5, 0.6) is 0 Å². The van der Waals surface area contributed by atoms with Gasteiger partial charge in [0.2, 0.25) is 0 Å². The Morgan fingerprint density at radius 3 is 2.72 bits per heavy atom. The molecule has 1 fully saturated rings. The summed E-state index contributed by atoms with van der Waals surface area (Å²) in [6.07, 6.45) is 4.90. The second kappa shape index (κ2) is 9.73. The first kappa shape index (κ1) is 15.9. The number of methoxy groups -OCH3 is 1. The Morgan fingerprint density at radius 1 is 1.39 bits per heavy atom. The van der Waals surface area contributed by atoms with Gasteiger partial charge in [0.1, 0.15) is 0 Å². The van der Waals surface area contributed by atoms with Crippen molar-refractivity contribution in [3.8, 4) is 0 Å². The topological polar surface area (TPSA) is 50.5 Å². The zero-order valence-electron chi connectivity index (χ0n) is 12.2. The molecule has 0 saturated carbocycles. The van der Waals surface area contributed by atoms with Gasteiger partial charge in [-0.15, -0.1) is 0 Å². The second-order valence-corrected chi connectivity index (χ2v) is 5.56. The highest BCUT2D eigenvalue weighted by Crippen LogP contribution is 2.15. The van der Waals surface area contributed by atoms with Crippen molar-refractivity contribution in [2.75, 3.05) is 46.4 Å². The van der Waals surface area contributed by atoms with Crippen molar-refractivity contribution in [3.63, 3.8) is 0 Å². The summed E-state index contributed by atoms with van der Waals surface area (Å²) in [6, 6.07) is 0.460. The lowest BCUT2D eigenvalue weighted by Gasteiger charge is -2.30. The molecule has 108 valence electrons. The van der Waals surface area contributed by atoms with E-state index in [1.807, 2.05) is 0 Å². The predicted molar refractivity (Wildman–Crippen MR) is 76.8 cm³/mol. The van der Waals surface area contributed by atoms with E-state index < -0.39 is 0 Å². The fourth-order valence-electron chi connectivity index (χ4n) is 2.52. The molecule has 4 nitrogen and oxygen atoms in total. The number of ether oxygens (including phenoxy) is 1. The molecule has 1 aliphatic heterocycles. The summed E-state index contributed by atoms with van der Waals surface area (Å²) < 4.78 is 5.24. The van der Waals surface area contributed by atoms with Crippen LogP contribution in [0.15, 0.2) is 0 Å². The van der Waals surface area contributed by atoms with Gasteiger partial charge in [0, 0.05) is 26.2 Å². The summed E-state index contributed by atoms with van der Waals surface area (Å²) in [4.78, 5) is 2.57. The molecule has 1 rings (SSSR count). The minimum absolute atomic E-state index is 0.460. The molecular formula is C14H31N3O. The third-order valence-electron chi connectivity index (χ3n) is 3.86. The molecule has 1 unspecified atom stereocenters. The van der Waals surface area contributed by atoms with Crippen LogP contribution in [0.3, 0.4) is 0 Å². The van der Waals surface area contributed by atoms with Crippen LogP contribution >= 0.6 is 0 Å². The van der Waals surface area contributed by atoms with E-state index in [0.29, 0.717) is 6.04 Å². The van der Waals surface area contributed by atoms with Crippen molar-refractivity contribution in [1.29, 1.82) is 0 Å². The van der Waals surface area contributed by atoms with Crippen molar-refractivity contribution in [3.05, 3.63) is 0 Å². The molecule has 1 heterocycles. The van der Waals surface area contributed by atoms with Gasteiger partial charge in [-0.05, 0) is 51.2 Å². The highest BCUT2D eigenvalue weighted by Gasteiger charge is 2.15. The molecule has 3 N–H and O–H groups in total. The van der Waals surface area contributed by atoms with Gasteiger partial charge in [0.05, 0.1) is 6.61 Å². The minimum atomic E-state index is 0.460. The Hall–Kier alpha value is -0.160. The number of rotatable bonds is 9. The minimum Gasteiger partial charge on any atom is -0.383 e. The van der Waals surface area contributed by atoms with Gasteiger partial charge in [0.25, 0.3) is 0 Å². The van der Waals surface area contributed by atoms with Gasteiger partial charge in [-0.25, -0.2) is 0 Å². The molecule has 0 amide bonds. The molecule has 0 aromatic rings. The zero-order valence-corrected chi connectivity index (χ0v) is 12.2. The molecule has 0 radical (unpaired) electrons. The Balaban J connectivity index is 2.09. The Morgan fingerprint density at radius 2 is 2.11 bits per heavy atom.